The van der Waals surface area contributed by atoms with Crippen molar-refractivity contribution >= 4 is 27.5 Å². The summed E-state index contributed by atoms with van der Waals surface area (Å²) in [5.74, 6) is -0.0978. The van der Waals surface area contributed by atoms with Crippen molar-refractivity contribution in [3.05, 3.63) is 18.2 Å². The lowest BCUT2D eigenvalue weighted by Crippen LogP contribution is -2.42. The highest BCUT2D eigenvalue weighted by atomic mass is 32.2. The van der Waals surface area contributed by atoms with Crippen LogP contribution in [0.1, 0.15) is 39.5 Å². The van der Waals surface area contributed by atoms with Crippen LogP contribution in [0.3, 0.4) is 0 Å². The Hall–Kier alpha value is -2.17. The fraction of sp³-hybridized carbons (Fsp3) is 0.579. The quantitative estimate of drug-likeness (QED) is 0.684. The number of hydrazine groups is 1. The molecule has 1 atom stereocenters. The van der Waals surface area contributed by atoms with Gasteiger partial charge in [0.25, 0.3) is 0 Å². The van der Waals surface area contributed by atoms with Gasteiger partial charge in [-0.1, -0.05) is 6.42 Å². The van der Waals surface area contributed by atoms with Gasteiger partial charge in [0.15, 0.2) is 0 Å². The van der Waals surface area contributed by atoms with Crippen molar-refractivity contribution in [1.29, 1.82) is 0 Å². The Bertz CT molecular complexity index is 867. The highest BCUT2D eigenvalue weighted by molar-refractivity contribution is 7.89. The van der Waals surface area contributed by atoms with Crippen molar-refractivity contribution in [2.45, 2.75) is 50.5 Å². The number of nitrogens with zero attached hydrogens (tertiary/aromatic N) is 2. The molecule has 2 aliphatic rings. The third kappa shape index (κ3) is 5.06. The number of rotatable bonds is 7. The lowest BCUT2D eigenvalue weighted by Gasteiger charge is -2.26. The summed E-state index contributed by atoms with van der Waals surface area (Å²) >= 11 is 0. The van der Waals surface area contributed by atoms with Crippen molar-refractivity contribution in [2.75, 3.05) is 31.6 Å². The van der Waals surface area contributed by atoms with Crippen LogP contribution in [0, 0.1) is 0 Å². The maximum absolute atomic E-state index is 13.0. The summed E-state index contributed by atoms with van der Waals surface area (Å²) in [4.78, 5) is 24.1. The Morgan fingerprint density at radius 2 is 2.00 bits per heavy atom. The molecule has 0 aromatic heterocycles. The molecule has 29 heavy (non-hydrogen) atoms. The topological polar surface area (TPSA) is 108 Å². The van der Waals surface area contributed by atoms with E-state index in [0.29, 0.717) is 37.6 Å². The summed E-state index contributed by atoms with van der Waals surface area (Å²) < 4.78 is 33.0. The number of hydrogen-bond donors (Lipinski definition) is 2. The minimum atomic E-state index is -3.63. The third-order valence-corrected chi connectivity index (χ3v) is 6.97. The first-order chi connectivity index (χ1) is 13.8. The largest absolute Gasteiger partial charge is 0.492 e. The van der Waals surface area contributed by atoms with Gasteiger partial charge >= 0.3 is 0 Å². The summed E-state index contributed by atoms with van der Waals surface area (Å²) in [6.07, 6.45) is 3.06. The standard InChI is InChI=1S/C19H28N4O5S/c1-3-28-17-8-7-15(29(26,27)22-9-5-4-6-10-22)12-16(17)20-19(25)13-23-14(2)11-18(24)21-23/h7-8,12,14H,3-6,9-11,13H2,1-2H3,(H,20,25)(H,21,24)/t14-/m1/s1. The summed E-state index contributed by atoms with van der Waals surface area (Å²) in [5, 5.41) is 4.30. The molecule has 10 heteroatoms. The normalized spacial score (nSPS) is 21.0. The molecule has 2 aliphatic heterocycles. The van der Waals surface area contributed by atoms with Gasteiger partial charge in [0.2, 0.25) is 21.8 Å². The average Bonchev–Trinajstić information content (AvgIpc) is 3.00. The zero-order valence-corrected chi connectivity index (χ0v) is 17.6. The molecule has 9 nitrogen and oxygen atoms in total. The van der Waals surface area contributed by atoms with E-state index >= 15 is 0 Å². The number of carbonyl (C=O) groups excluding carboxylic acids is 2. The summed E-state index contributed by atoms with van der Waals surface area (Å²) in [6, 6.07) is 4.42. The Balaban J connectivity index is 1.79. The van der Waals surface area contributed by atoms with E-state index in [2.05, 4.69) is 10.7 Å². The first-order valence-corrected chi connectivity index (χ1v) is 11.4. The van der Waals surface area contributed by atoms with Gasteiger partial charge < -0.3 is 10.1 Å². The van der Waals surface area contributed by atoms with Gasteiger partial charge in [0, 0.05) is 25.6 Å². The number of sulfonamides is 1. The maximum atomic E-state index is 13.0. The van der Waals surface area contributed by atoms with E-state index in [1.54, 1.807) is 11.1 Å². The molecule has 2 saturated heterocycles. The number of ether oxygens (including phenoxy) is 1. The monoisotopic (exact) mass is 424 g/mol. The van der Waals surface area contributed by atoms with Crippen molar-refractivity contribution < 1.29 is 22.7 Å². The van der Waals surface area contributed by atoms with Crippen LogP contribution >= 0.6 is 0 Å². The van der Waals surface area contributed by atoms with Gasteiger partial charge in [-0.25, -0.2) is 13.4 Å². The van der Waals surface area contributed by atoms with Crippen molar-refractivity contribution in [3.63, 3.8) is 0 Å². The molecule has 2 heterocycles. The first-order valence-electron chi connectivity index (χ1n) is 9.94. The Kier molecular flexibility index (Phi) is 6.76. The molecule has 160 valence electrons. The predicted octanol–water partition coefficient (Wildman–Crippen LogP) is 1.32. The van der Waals surface area contributed by atoms with Gasteiger partial charge in [-0.3, -0.25) is 15.0 Å². The van der Waals surface area contributed by atoms with Gasteiger partial charge in [-0.15, -0.1) is 0 Å². The Morgan fingerprint density at radius 1 is 1.28 bits per heavy atom. The second-order valence-electron chi connectivity index (χ2n) is 7.32. The fourth-order valence-corrected chi connectivity index (χ4v) is 5.08. The van der Waals surface area contributed by atoms with Crippen LogP contribution in [0.2, 0.25) is 0 Å². The number of anilines is 1. The number of nitrogens with one attached hydrogen (secondary N) is 2. The highest BCUT2D eigenvalue weighted by Gasteiger charge is 2.29. The molecule has 0 saturated carbocycles. The van der Waals surface area contributed by atoms with Crippen LogP contribution in [0.5, 0.6) is 5.75 Å². The zero-order valence-electron chi connectivity index (χ0n) is 16.8. The molecule has 2 N–H and O–H groups in total. The van der Waals surface area contributed by atoms with Crippen molar-refractivity contribution in [3.8, 4) is 5.75 Å². The third-order valence-electron chi connectivity index (χ3n) is 5.07. The van der Waals surface area contributed by atoms with E-state index in [1.165, 1.54) is 16.4 Å². The number of amides is 2. The second-order valence-corrected chi connectivity index (χ2v) is 9.26. The molecule has 0 unspecified atom stereocenters. The first kappa shape index (κ1) is 21.5. The molecule has 0 radical (unpaired) electrons. The lowest BCUT2D eigenvalue weighted by molar-refractivity contribution is -0.122. The van der Waals surface area contributed by atoms with Crippen LogP contribution in [0.15, 0.2) is 23.1 Å². The second kappa shape index (κ2) is 9.10. The van der Waals surface area contributed by atoms with E-state index in [1.807, 2.05) is 13.8 Å². The molecular formula is C19H28N4O5S. The zero-order chi connectivity index (χ0) is 21.0. The smallest absolute Gasteiger partial charge is 0.243 e. The summed E-state index contributed by atoms with van der Waals surface area (Å²) in [7, 11) is -3.63. The minimum absolute atomic E-state index is 0.0401. The van der Waals surface area contributed by atoms with Gasteiger partial charge in [0.05, 0.1) is 23.7 Å². The Morgan fingerprint density at radius 3 is 2.62 bits per heavy atom. The molecule has 2 fully saturated rings. The van der Waals surface area contributed by atoms with Crippen LogP contribution in [0.4, 0.5) is 5.69 Å². The molecule has 1 aromatic rings. The van der Waals surface area contributed by atoms with E-state index in [0.717, 1.165) is 19.3 Å². The van der Waals surface area contributed by atoms with Crippen molar-refractivity contribution in [2.24, 2.45) is 0 Å². The molecule has 2 amide bonds. The van der Waals surface area contributed by atoms with E-state index in [9.17, 15) is 18.0 Å². The number of carbonyl (C=O) groups is 2. The van der Waals surface area contributed by atoms with E-state index in [4.69, 9.17) is 4.74 Å². The predicted molar refractivity (Wildman–Crippen MR) is 108 cm³/mol. The van der Waals surface area contributed by atoms with Gasteiger partial charge in [-0.05, 0) is 44.9 Å². The average molecular weight is 425 g/mol. The van der Waals surface area contributed by atoms with E-state index < -0.39 is 10.0 Å². The lowest BCUT2D eigenvalue weighted by atomic mass is 10.2. The van der Waals surface area contributed by atoms with Crippen LogP contribution in [-0.2, 0) is 19.6 Å². The van der Waals surface area contributed by atoms with Crippen LogP contribution in [0.25, 0.3) is 0 Å². The number of hydrogen-bond acceptors (Lipinski definition) is 6. The molecular weight excluding hydrogens is 396 g/mol. The number of benzene rings is 1. The van der Waals surface area contributed by atoms with Gasteiger partial charge in [-0.2, -0.15) is 4.31 Å². The van der Waals surface area contributed by atoms with E-state index in [-0.39, 0.29) is 29.3 Å². The molecule has 1 aromatic carbocycles. The van der Waals surface area contributed by atoms with Crippen LogP contribution < -0.4 is 15.5 Å². The highest BCUT2D eigenvalue weighted by Crippen LogP contribution is 2.30. The molecule has 0 bridgehead atoms. The number of piperidine rings is 1. The SMILES string of the molecule is CCOc1ccc(S(=O)(=O)N2CCCCC2)cc1NC(=O)CN1NC(=O)C[C@H]1C. The van der Waals surface area contributed by atoms with Crippen LogP contribution in [-0.4, -0.2) is 61.8 Å². The molecule has 3 rings (SSSR count). The van der Waals surface area contributed by atoms with Crippen molar-refractivity contribution in [1.82, 2.24) is 14.7 Å². The van der Waals surface area contributed by atoms with Gasteiger partial charge in [0.1, 0.15) is 5.75 Å². The summed E-state index contributed by atoms with van der Waals surface area (Å²) in [5.41, 5.74) is 2.94. The molecule has 0 aliphatic carbocycles. The minimum Gasteiger partial charge on any atom is -0.492 e. The fourth-order valence-electron chi connectivity index (χ4n) is 3.54. The molecule has 0 spiro atoms. The summed E-state index contributed by atoms with van der Waals surface area (Å²) in [6.45, 7) is 5.00. The maximum Gasteiger partial charge on any atom is 0.243 e. The Labute approximate surface area is 171 Å².